The van der Waals surface area contributed by atoms with Crippen molar-refractivity contribution in [1.29, 1.82) is 0 Å². The molecule has 0 aliphatic heterocycles. The van der Waals surface area contributed by atoms with E-state index in [1.54, 1.807) is 12.1 Å². The smallest absolute Gasteiger partial charge is 0.338 e. The number of rotatable bonds is 4. The first-order valence-corrected chi connectivity index (χ1v) is 6.89. The fourth-order valence-corrected chi connectivity index (χ4v) is 2.50. The van der Waals surface area contributed by atoms with Crippen molar-refractivity contribution in [2.24, 2.45) is 0 Å². The van der Waals surface area contributed by atoms with Gasteiger partial charge in [-0.15, -0.1) is 0 Å². The minimum absolute atomic E-state index is 0.213. The van der Waals surface area contributed by atoms with Crippen molar-refractivity contribution in [1.82, 2.24) is 0 Å². The number of aryl methyl sites for hydroxylation is 1. The van der Waals surface area contributed by atoms with Gasteiger partial charge in [0.2, 0.25) is 0 Å². The third-order valence-corrected chi connectivity index (χ3v) is 3.40. The number of carbonyl (C=O) groups excluding carboxylic acids is 2. The van der Waals surface area contributed by atoms with E-state index >= 15 is 0 Å². The van der Waals surface area contributed by atoms with E-state index in [2.05, 4.69) is 0 Å². The second-order valence-electron chi connectivity index (χ2n) is 4.91. The molecule has 0 spiro atoms. The van der Waals surface area contributed by atoms with Crippen molar-refractivity contribution in [3.8, 4) is 17.2 Å². The van der Waals surface area contributed by atoms with Gasteiger partial charge in [-0.3, -0.25) is 4.79 Å². The number of esters is 2. The topological polar surface area (TPSA) is 71.1 Å². The van der Waals surface area contributed by atoms with E-state index in [1.165, 1.54) is 34.3 Å². The van der Waals surface area contributed by atoms with Crippen LogP contribution in [-0.2, 0) is 9.53 Å². The number of benzene rings is 2. The molecule has 2 aromatic rings. The second-order valence-corrected chi connectivity index (χ2v) is 4.91. The van der Waals surface area contributed by atoms with E-state index in [0.717, 1.165) is 5.56 Å². The maximum Gasteiger partial charge on any atom is 0.338 e. The van der Waals surface area contributed by atoms with Crippen LogP contribution in [0.3, 0.4) is 0 Å². The first-order valence-electron chi connectivity index (χ1n) is 6.89. The van der Waals surface area contributed by atoms with Gasteiger partial charge in [0, 0.05) is 12.3 Å². The lowest BCUT2D eigenvalue weighted by molar-refractivity contribution is -0.131. The molecular weight excluding hydrogens is 300 g/mol. The molecule has 2 aromatic carbocycles. The van der Waals surface area contributed by atoms with Gasteiger partial charge >= 0.3 is 11.9 Å². The second kappa shape index (κ2) is 6.56. The molecule has 2 rings (SSSR count). The van der Waals surface area contributed by atoms with E-state index in [0.29, 0.717) is 22.3 Å². The number of carbonyl (C=O) groups is 2. The summed E-state index contributed by atoms with van der Waals surface area (Å²) in [4.78, 5) is 23.3. The molecule has 0 fully saturated rings. The summed E-state index contributed by atoms with van der Waals surface area (Å²) in [5.74, 6) is 0.259. The minimum Gasteiger partial charge on any atom is -0.496 e. The third kappa shape index (κ3) is 3.06. The Morgan fingerprint density at radius 3 is 2.17 bits per heavy atom. The molecule has 0 saturated carbocycles. The molecule has 0 radical (unpaired) electrons. The Kier molecular flexibility index (Phi) is 4.74. The maximum atomic E-state index is 11.9. The summed E-state index contributed by atoms with van der Waals surface area (Å²) < 4.78 is 20.8. The average molecular weight is 318 g/mol. The molecule has 0 saturated heterocycles. The summed E-state index contributed by atoms with van der Waals surface area (Å²) >= 11 is 0. The first-order chi connectivity index (χ1) is 10.9. The summed E-state index contributed by atoms with van der Waals surface area (Å²) in [5, 5.41) is 1.15. The van der Waals surface area contributed by atoms with Crippen LogP contribution >= 0.6 is 0 Å². The molecule has 0 heterocycles. The van der Waals surface area contributed by atoms with Crippen LogP contribution in [0.5, 0.6) is 17.2 Å². The fraction of sp³-hybridized carbons (Fsp3) is 0.294. The van der Waals surface area contributed by atoms with Crippen LogP contribution < -0.4 is 14.2 Å². The zero-order chi connectivity index (χ0) is 17.1. The molecule has 0 bridgehead atoms. The Balaban J connectivity index is 2.93. The zero-order valence-electron chi connectivity index (χ0n) is 13.7. The standard InChI is InChI=1S/C17H18O6/c1-9-6-13(20-3)15-12(16(9)21-4)7-11(17(19)22-5)8-14(15)23-10(2)18/h6-8H,1-5H3. The lowest BCUT2D eigenvalue weighted by Gasteiger charge is -2.16. The Labute approximate surface area is 133 Å². The highest BCUT2D eigenvalue weighted by atomic mass is 16.5. The van der Waals surface area contributed by atoms with Crippen LogP contribution in [0.4, 0.5) is 0 Å². The van der Waals surface area contributed by atoms with Gasteiger partial charge in [0.1, 0.15) is 17.2 Å². The highest BCUT2D eigenvalue weighted by Gasteiger charge is 2.20. The van der Waals surface area contributed by atoms with Gasteiger partial charge in [-0.1, -0.05) is 0 Å². The van der Waals surface area contributed by atoms with Gasteiger partial charge < -0.3 is 18.9 Å². The number of hydrogen-bond donors (Lipinski definition) is 0. The first kappa shape index (κ1) is 16.6. The number of ether oxygens (including phenoxy) is 4. The van der Waals surface area contributed by atoms with Gasteiger partial charge in [-0.2, -0.15) is 0 Å². The molecule has 23 heavy (non-hydrogen) atoms. The maximum absolute atomic E-state index is 11.9. The van der Waals surface area contributed by atoms with E-state index in [9.17, 15) is 9.59 Å². The van der Waals surface area contributed by atoms with Gasteiger partial charge in [0.25, 0.3) is 0 Å². The van der Waals surface area contributed by atoms with Crippen molar-refractivity contribution < 1.29 is 28.5 Å². The Morgan fingerprint density at radius 2 is 1.65 bits per heavy atom. The number of methoxy groups -OCH3 is 3. The molecule has 0 amide bonds. The SMILES string of the molecule is COC(=O)c1cc(OC(C)=O)c2c(OC)cc(C)c(OC)c2c1. The lowest BCUT2D eigenvalue weighted by atomic mass is 10.0. The molecule has 0 atom stereocenters. The predicted molar refractivity (Wildman–Crippen MR) is 84.4 cm³/mol. The Bertz CT molecular complexity index is 778. The van der Waals surface area contributed by atoms with Crippen LogP contribution in [0.25, 0.3) is 10.8 Å². The quantitative estimate of drug-likeness (QED) is 0.637. The number of hydrogen-bond acceptors (Lipinski definition) is 6. The highest BCUT2D eigenvalue weighted by molar-refractivity contribution is 6.04. The minimum atomic E-state index is -0.539. The molecule has 0 aliphatic rings. The van der Waals surface area contributed by atoms with Crippen molar-refractivity contribution in [3.63, 3.8) is 0 Å². The highest BCUT2D eigenvalue weighted by Crippen LogP contribution is 2.42. The summed E-state index contributed by atoms with van der Waals surface area (Å²) in [6, 6.07) is 4.86. The van der Waals surface area contributed by atoms with Crippen molar-refractivity contribution in [3.05, 3.63) is 29.3 Å². The van der Waals surface area contributed by atoms with Crippen molar-refractivity contribution in [2.45, 2.75) is 13.8 Å². The van der Waals surface area contributed by atoms with Gasteiger partial charge in [-0.25, -0.2) is 4.79 Å². The van der Waals surface area contributed by atoms with Crippen LogP contribution in [0, 0.1) is 6.92 Å². The van der Waals surface area contributed by atoms with Gasteiger partial charge in [-0.05, 0) is 30.7 Å². The van der Waals surface area contributed by atoms with Crippen LogP contribution in [-0.4, -0.2) is 33.3 Å². The largest absolute Gasteiger partial charge is 0.496 e. The summed E-state index contributed by atoms with van der Waals surface area (Å²) in [7, 11) is 4.34. The molecule has 0 N–H and O–H groups in total. The molecular formula is C17H18O6. The molecule has 6 heteroatoms. The lowest BCUT2D eigenvalue weighted by Crippen LogP contribution is -2.07. The van der Waals surface area contributed by atoms with Crippen LogP contribution in [0.1, 0.15) is 22.8 Å². The van der Waals surface area contributed by atoms with Gasteiger partial charge in [0.15, 0.2) is 0 Å². The molecule has 0 aromatic heterocycles. The van der Waals surface area contributed by atoms with Crippen LogP contribution in [0.2, 0.25) is 0 Å². The third-order valence-electron chi connectivity index (χ3n) is 3.40. The molecule has 6 nitrogen and oxygen atoms in total. The predicted octanol–water partition coefficient (Wildman–Crippen LogP) is 2.88. The zero-order valence-corrected chi connectivity index (χ0v) is 13.7. The molecule has 0 aliphatic carbocycles. The van der Waals surface area contributed by atoms with E-state index in [4.69, 9.17) is 18.9 Å². The van der Waals surface area contributed by atoms with Crippen LogP contribution in [0.15, 0.2) is 18.2 Å². The summed E-state index contributed by atoms with van der Waals surface area (Å²) in [5.41, 5.74) is 1.08. The molecule has 122 valence electrons. The molecule has 0 unspecified atom stereocenters. The van der Waals surface area contributed by atoms with Crippen molar-refractivity contribution >= 4 is 22.7 Å². The van der Waals surface area contributed by atoms with E-state index in [1.807, 2.05) is 6.92 Å². The van der Waals surface area contributed by atoms with Crippen molar-refractivity contribution in [2.75, 3.05) is 21.3 Å². The van der Waals surface area contributed by atoms with E-state index < -0.39 is 11.9 Å². The monoisotopic (exact) mass is 318 g/mol. The summed E-state index contributed by atoms with van der Waals surface area (Å²) in [6.45, 7) is 3.14. The summed E-state index contributed by atoms with van der Waals surface area (Å²) in [6.07, 6.45) is 0. The number of fused-ring (bicyclic) bond motifs is 1. The Morgan fingerprint density at radius 1 is 0.957 bits per heavy atom. The van der Waals surface area contributed by atoms with E-state index in [-0.39, 0.29) is 11.3 Å². The fourth-order valence-electron chi connectivity index (χ4n) is 2.50. The van der Waals surface area contributed by atoms with Gasteiger partial charge in [0.05, 0.1) is 32.3 Å². The normalized spacial score (nSPS) is 10.3. The Hall–Kier alpha value is -2.76. The average Bonchev–Trinajstić information content (AvgIpc) is 2.52.